The van der Waals surface area contributed by atoms with Crippen molar-refractivity contribution in [3.63, 3.8) is 0 Å². The van der Waals surface area contributed by atoms with Gasteiger partial charge in [-0.15, -0.1) is 0 Å². The maximum absolute atomic E-state index is 13.6. The zero-order chi connectivity index (χ0) is 25.1. The number of nitrogens with zero attached hydrogens (tertiary/aromatic N) is 3. The summed E-state index contributed by atoms with van der Waals surface area (Å²) in [7, 11) is 1.72. The van der Waals surface area contributed by atoms with Gasteiger partial charge in [-0.1, -0.05) is 6.92 Å². The zero-order valence-electron chi connectivity index (χ0n) is 20.6. The van der Waals surface area contributed by atoms with Crippen LogP contribution in [0.3, 0.4) is 0 Å². The quantitative estimate of drug-likeness (QED) is 0.622. The summed E-state index contributed by atoms with van der Waals surface area (Å²) >= 11 is 0. The van der Waals surface area contributed by atoms with E-state index in [4.69, 9.17) is 9.47 Å². The second kappa shape index (κ2) is 11.0. The molecule has 1 aromatic heterocycles. The molecule has 2 saturated heterocycles. The van der Waals surface area contributed by atoms with Crippen molar-refractivity contribution < 1.29 is 27.4 Å². The first kappa shape index (κ1) is 26.2. The van der Waals surface area contributed by atoms with Crippen LogP contribution >= 0.6 is 0 Å². The molecule has 1 N–H and O–H groups in total. The van der Waals surface area contributed by atoms with E-state index in [9.17, 15) is 18.0 Å². The van der Waals surface area contributed by atoms with Gasteiger partial charge in [0.15, 0.2) is 0 Å². The van der Waals surface area contributed by atoms with Gasteiger partial charge in [-0.05, 0) is 56.7 Å². The van der Waals surface area contributed by atoms with Crippen LogP contribution in [0.5, 0.6) is 0 Å². The van der Waals surface area contributed by atoms with Crippen LogP contribution < -0.4 is 10.2 Å². The number of hydrogen-bond donors (Lipinski definition) is 1. The number of rotatable bonds is 7. The first-order valence-corrected chi connectivity index (χ1v) is 12.7. The Morgan fingerprint density at radius 3 is 2.74 bits per heavy atom. The van der Waals surface area contributed by atoms with Crippen LogP contribution in [0.4, 0.5) is 19.0 Å². The van der Waals surface area contributed by atoms with Crippen LogP contribution in [-0.4, -0.2) is 81.0 Å². The lowest BCUT2D eigenvalue weighted by Crippen LogP contribution is -2.53. The number of alkyl halides is 3. The largest absolute Gasteiger partial charge is 0.416 e. The number of nitrogens with one attached hydrogen (secondary N) is 1. The van der Waals surface area contributed by atoms with Gasteiger partial charge in [0.1, 0.15) is 5.82 Å². The van der Waals surface area contributed by atoms with E-state index in [0.29, 0.717) is 44.5 Å². The highest BCUT2D eigenvalue weighted by Crippen LogP contribution is 2.46. The topological polar surface area (TPSA) is 66.9 Å². The molecule has 4 atom stereocenters. The van der Waals surface area contributed by atoms with E-state index in [1.165, 1.54) is 6.20 Å². The molecule has 0 radical (unpaired) electrons. The van der Waals surface area contributed by atoms with Crippen LogP contribution in [0.15, 0.2) is 18.3 Å². The molecule has 0 bridgehead atoms. The molecule has 7 nitrogen and oxygen atoms in total. The first-order valence-electron chi connectivity index (χ1n) is 12.7. The summed E-state index contributed by atoms with van der Waals surface area (Å²) in [6, 6.07) is 2.35. The number of hydrogen-bond acceptors (Lipinski definition) is 6. The lowest BCUT2D eigenvalue weighted by atomic mass is 9.80. The number of anilines is 1. The summed E-state index contributed by atoms with van der Waals surface area (Å²) in [5, 5.41) is 3.66. The van der Waals surface area contributed by atoms with Gasteiger partial charge < -0.3 is 24.6 Å². The molecule has 3 heterocycles. The van der Waals surface area contributed by atoms with Crippen molar-refractivity contribution in [1.29, 1.82) is 0 Å². The molecule has 3 aliphatic rings. The average molecular weight is 499 g/mol. The molecule has 3 fully saturated rings. The monoisotopic (exact) mass is 498 g/mol. The fourth-order valence-corrected chi connectivity index (χ4v) is 5.82. The second-order valence-electron chi connectivity index (χ2n) is 10.1. The molecule has 4 rings (SSSR count). The van der Waals surface area contributed by atoms with Gasteiger partial charge >= 0.3 is 6.18 Å². The lowest BCUT2D eigenvalue weighted by Gasteiger charge is -2.40. The fraction of sp³-hybridized carbons (Fsp3) is 0.760. The number of aromatic nitrogens is 1. The van der Waals surface area contributed by atoms with E-state index in [0.717, 1.165) is 57.4 Å². The summed E-state index contributed by atoms with van der Waals surface area (Å²) in [6.07, 6.45) is 1.35. The van der Waals surface area contributed by atoms with Crippen LogP contribution in [0.2, 0.25) is 0 Å². The highest BCUT2D eigenvalue weighted by atomic mass is 19.4. The summed E-state index contributed by atoms with van der Waals surface area (Å²) in [5.41, 5.74) is -1.05. The minimum absolute atomic E-state index is 0.0605. The Bertz CT molecular complexity index is 863. The normalized spacial score (nSPS) is 30.0. The molecular formula is C25H37F3N4O3. The summed E-state index contributed by atoms with van der Waals surface area (Å²) in [4.78, 5) is 21.5. The van der Waals surface area contributed by atoms with Crippen molar-refractivity contribution in [2.75, 3.05) is 57.9 Å². The van der Waals surface area contributed by atoms with Gasteiger partial charge in [0, 0.05) is 57.5 Å². The maximum atomic E-state index is 13.6. The van der Waals surface area contributed by atoms with Crippen molar-refractivity contribution in [3.05, 3.63) is 23.9 Å². The molecule has 10 heteroatoms. The molecule has 35 heavy (non-hydrogen) atoms. The smallest absolute Gasteiger partial charge is 0.379 e. The van der Waals surface area contributed by atoms with E-state index in [1.54, 1.807) is 7.11 Å². The Kier molecular flexibility index (Phi) is 8.23. The van der Waals surface area contributed by atoms with Gasteiger partial charge in [-0.25, -0.2) is 4.98 Å². The van der Waals surface area contributed by atoms with Crippen LogP contribution in [0, 0.1) is 11.3 Å². The molecule has 1 aliphatic carbocycles. The SMILES string of the molecule is CC[C@]1(C(=O)N2CCN(c3cc(C(F)(F)F)ccn3)CC2)CC[C@@H](CNC2CCOCC2OC)C1. The van der Waals surface area contributed by atoms with E-state index in [-0.39, 0.29) is 23.5 Å². The van der Waals surface area contributed by atoms with Gasteiger partial charge in [-0.3, -0.25) is 4.79 Å². The second-order valence-corrected chi connectivity index (χ2v) is 10.1. The molecule has 2 unspecified atom stereocenters. The van der Waals surface area contributed by atoms with E-state index in [2.05, 4.69) is 17.2 Å². The predicted molar refractivity (Wildman–Crippen MR) is 126 cm³/mol. The van der Waals surface area contributed by atoms with Gasteiger partial charge in [0.2, 0.25) is 5.91 Å². The number of amides is 1. The third-order valence-corrected chi connectivity index (χ3v) is 8.08. The molecule has 1 aromatic rings. The number of pyridine rings is 1. The Balaban J connectivity index is 1.31. The standard InChI is InChI=1S/C25H37F3N4O3/c1-3-24(7-4-18(15-24)16-30-20-6-13-35-17-21(20)34-2)23(33)32-11-9-31(10-12-32)22-14-19(5-8-29-22)25(26,27)28/h5,8,14,18,20-21,30H,3-4,6-7,9-13,15-17H2,1-2H3/t18-,20?,21?,24+/m1/s1. The highest BCUT2D eigenvalue weighted by molar-refractivity contribution is 5.83. The molecular weight excluding hydrogens is 461 g/mol. The van der Waals surface area contributed by atoms with Gasteiger partial charge in [-0.2, -0.15) is 13.2 Å². The number of methoxy groups -OCH3 is 1. The summed E-state index contributed by atoms with van der Waals surface area (Å²) < 4.78 is 50.3. The third kappa shape index (κ3) is 5.91. The lowest BCUT2D eigenvalue weighted by molar-refractivity contribution is -0.142. The Hall–Kier alpha value is -1.91. The molecule has 1 amide bonds. The molecule has 196 valence electrons. The summed E-state index contributed by atoms with van der Waals surface area (Å²) in [6.45, 7) is 6.27. The molecule has 0 aromatic carbocycles. The van der Waals surface area contributed by atoms with E-state index >= 15 is 0 Å². The minimum atomic E-state index is -4.40. The number of ether oxygens (including phenoxy) is 2. The molecule has 2 aliphatic heterocycles. The number of piperazine rings is 1. The van der Waals surface area contributed by atoms with Crippen molar-refractivity contribution >= 4 is 11.7 Å². The minimum Gasteiger partial charge on any atom is -0.379 e. The zero-order valence-corrected chi connectivity index (χ0v) is 20.6. The van der Waals surface area contributed by atoms with Crippen LogP contribution in [-0.2, 0) is 20.4 Å². The number of carbonyl (C=O) groups is 1. The highest BCUT2D eigenvalue weighted by Gasteiger charge is 2.46. The number of halogens is 3. The average Bonchev–Trinajstić information content (AvgIpc) is 3.31. The Morgan fingerprint density at radius 1 is 1.29 bits per heavy atom. The maximum Gasteiger partial charge on any atom is 0.416 e. The Morgan fingerprint density at radius 2 is 2.06 bits per heavy atom. The molecule has 0 spiro atoms. The van der Waals surface area contributed by atoms with E-state index in [1.807, 2.05) is 9.80 Å². The molecule has 1 saturated carbocycles. The Labute approximate surface area is 205 Å². The van der Waals surface area contributed by atoms with Crippen molar-refractivity contribution in [2.45, 2.75) is 57.3 Å². The number of carbonyl (C=O) groups excluding carboxylic acids is 1. The van der Waals surface area contributed by atoms with Crippen LogP contribution in [0.25, 0.3) is 0 Å². The predicted octanol–water partition coefficient (Wildman–Crippen LogP) is 3.34. The van der Waals surface area contributed by atoms with Crippen molar-refractivity contribution in [2.24, 2.45) is 11.3 Å². The van der Waals surface area contributed by atoms with Crippen LogP contribution in [0.1, 0.15) is 44.6 Å². The van der Waals surface area contributed by atoms with Gasteiger partial charge in [0.05, 0.1) is 18.3 Å². The van der Waals surface area contributed by atoms with Crippen molar-refractivity contribution in [3.8, 4) is 0 Å². The summed E-state index contributed by atoms with van der Waals surface area (Å²) in [5.74, 6) is 0.946. The first-order chi connectivity index (χ1) is 16.8. The van der Waals surface area contributed by atoms with E-state index < -0.39 is 11.7 Å². The van der Waals surface area contributed by atoms with Gasteiger partial charge in [0.25, 0.3) is 0 Å². The fourth-order valence-electron chi connectivity index (χ4n) is 5.82. The van der Waals surface area contributed by atoms with Crippen molar-refractivity contribution in [1.82, 2.24) is 15.2 Å². The third-order valence-electron chi connectivity index (χ3n) is 8.08.